The van der Waals surface area contributed by atoms with Gasteiger partial charge in [-0.25, -0.2) is 4.79 Å². The summed E-state index contributed by atoms with van der Waals surface area (Å²) in [6.45, 7) is 3.35. The van der Waals surface area contributed by atoms with Gasteiger partial charge >= 0.3 is 5.97 Å². The van der Waals surface area contributed by atoms with Gasteiger partial charge in [0.25, 0.3) is 5.78 Å². The summed E-state index contributed by atoms with van der Waals surface area (Å²) in [5.41, 5.74) is 0.505. The van der Waals surface area contributed by atoms with Crippen LogP contribution in [0.15, 0.2) is 10.5 Å². The maximum atomic E-state index is 12.0. The first kappa shape index (κ1) is 14.5. The van der Waals surface area contributed by atoms with Crippen molar-refractivity contribution in [2.45, 2.75) is 13.8 Å². The fourth-order valence-corrected chi connectivity index (χ4v) is 1.91. The zero-order valence-electron chi connectivity index (χ0n) is 10.2. The summed E-state index contributed by atoms with van der Waals surface area (Å²) in [7, 11) is 1.31. The van der Waals surface area contributed by atoms with Gasteiger partial charge in [0.05, 0.1) is 19.3 Å². The van der Waals surface area contributed by atoms with Crippen LogP contribution in [0.4, 0.5) is 0 Å². The van der Waals surface area contributed by atoms with Crippen molar-refractivity contribution >= 4 is 27.7 Å². The number of phenolic OH excluding ortho intramolecular Hbond substituents is 1. The minimum atomic E-state index is -0.976. The van der Waals surface area contributed by atoms with Crippen molar-refractivity contribution < 1.29 is 24.2 Å². The van der Waals surface area contributed by atoms with Crippen LogP contribution >= 0.6 is 15.9 Å². The molecular weight excluding hydrogens is 304 g/mol. The molecule has 98 valence electrons. The predicted molar refractivity (Wildman–Crippen MR) is 68.1 cm³/mol. The standard InChI is InChI=1S/C12H13BrO5/c1-4-18-12(16)10(15)9-6(2)7(13)5-8(14)11(9)17-3/h5,14H,4H2,1-3H3. The molecule has 0 heterocycles. The maximum absolute atomic E-state index is 12.0. The van der Waals surface area contributed by atoms with Crippen LogP contribution in [0.25, 0.3) is 0 Å². The van der Waals surface area contributed by atoms with Crippen LogP contribution < -0.4 is 4.74 Å². The number of phenols is 1. The zero-order chi connectivity index (χ0) is 13.9. The number of hydrogen-bond acceptors (Lipinski definition) is 5. The number of carbonyl (C=O) groups excluding carboxylic acids is 2. The van der Waals surface area contributed by atoms with Crippen molar-refractivity contribution in [3.8, 4) is 11.5 Å². The molecule has 1 aromatic carbocycles. The summed E-state index contributed by atoms with van der Waals surface area (Å²) in [5, 5.41) is 9.70. The third kappa shape index (κ3) is 2.64. The van der Waals surface area contributed by atoms with E-state index < -0.39 is 11.8 Å². The van der Waals surface area contributed by atoms with E-state index in [0.29, 0.717) is 10.0 Å². The number of methoxy groups -OCH3 is 1. The van der Waals surface area contributed by atoms with Gasteiger partial charge in [-0.15, -0.1) is 0 Å². The Bertz CT molecular complexity index is 496. The summed E-state index contributed by atoms with van der Waals surface area (Å²) in [5.74, 6) is -2.07. The molecule has 18 heavy (non-hydrogen) atoms. The lowest BCUT2D eigenvalue weighted by Gasteiger charge is -2.13. The van der Waals surface area contributed by atoms with E-state index >= 15 is 0 Å². The maximum Gasteiger partial charge on any atom is 0.379 e. The zero-order valence-corrected chi connectivity index (χ0v) is 11.8. The second kappa shape index (κ2) is 5.86. The van der Waals surface area contributed by atoms with Crippen LogP contribution in [0.2, 0.25) is 0 Å². The van der Waals surface area contributed by atoms with E-state index in [1.54, 1.807) is 13.8 Å². The minimum absolute atomic E-state index is 0.00262. The van der Waals surface area contributed by atoms with E-state index in [4.69, 9.17) is 4.74 Å². The molecule has 0 unspecified atom stereocenters. The predicted octanol–water partition coefficient (Wildman–Crippen LogP) is 2.22. The Morgan fingerprint density at radius 2 is 2.06 bits per heavy atom. The molecule has 0 saturated carbocycles. The molecule has 5 nitrogen and oxygen atoms in total. The molecule has 0 atom stereocenters. The number of halogens is 1. The largest absolute Gasteiger partial charge is 0.504 e. The molecule has 0 radical (unpaired) electrons. The lowest BCUT2D eigenvalue weighted by Crippen LogP contribution is -2.19. The van der Waals surface area contributed by atoms with Gasteiger partial charge in [0.2, 0.25) is 0 Å². The molecule has 0 aliphatic rings. The van der Waals surface area contributed by atoms with Gasteiger partial charge in [-0.05, 0) is 25.5 Å². The van der Waals surface area contributed by atoms with Gasteiger partial charge in [-0.1, -0.05) is 15.9 Å². The number of aromatic hydroxyl groups is 1. The molecule has 0 amide bonds. The van der Waals surface area contributed by atoms with Crippen LogP contribution in [-0.2, 0) is 9.53 Å². The highest BCUT2D eigenvalue weighted by Gasteiger charge is 2.27. The minimum Gasteiger partial charge on any atom is -0.504 e. The Hall–Kier alpha value is -1.56. The van der Waals surface area contributed by atoms with Crippen LogP contribution in [0, 0.1) is 6.92 Å². The van der Waals surface area contributed by atoms with E-state index in [1.165, 1.54) is 13.2 Å². The summed E-state index contributed by atoms with van der Waals surface area (Å²) in [6, 6.07) is 1.40. The highest BCUT2D eigenvalue weighted by Crippen LogP contribution is 2.37. The number of benzene rings is 1. The first-order valence-electron chi connectivity index (χ1n) is 5.21. The van der Waals surface area contributed by atoms with E-state index in [9.17, 15) is 14.7 Å². The first-order valence-corrected chi connectivity index (χ1v) is 6.00. The molecule has 0 aliphatic heterocycles. The van der Waals surface area contributed by atoms with Gasteiger partial charge in [-0.2, -0.15) is 0 Å². The highest BCUT2D eigenvalue weighted by atomic mass is 79.9. The van der Waals surface area contributed by atoms with Crippen molar-refractivity contribution in [1.29, 1.82) is 0 Å². The smallest absolute Gasteiger partial charge is 0.379 e. The molecule has 1 rings (SSSR count). The number of Topliss-reactive ketones (excluding diaryl/α,β-unsaturated/α-hetero) is 1. The summed E-state index contributed by atoms with van der Waals surface area (Å²) in [4.78, 5) is 23.4. The molecule has 6 heteroatoms. The average molecular weight is 317 g/mol. The number of ether oxygens (including phenoxy) is 2. The Kier molecular flexibility index (Phi) is 4.72. The van der Waals surface area contributed by atoms with Gasteiger partial charge in [0, 0.05) is 4.47 Å². The van der Waals surface area contributed by atoms with E-state index in [0.717, 1.165) is 0 Å². The Balaban J connectivity index is 3.38. The van der Waals surface area contributed by atoms with Crippen molar-refractivity contribution in [3.05, 3.63) is 21.7 Å². The van der Waals surface area contributed by atoms with Gasteiger partial charge in [0.1, 0.15) is 0 Å². The third-order valence-electron chi connectivity index (χ3n) is 2.35. The second-order valence-electron chi connectivity index (χ2n) is 3.46. The number of esters is 1. The third-order valence-corrected chi connectivity index (χ3v) is 3.17. The van der Waals surface area contributed by atoms with Crippen molar-refractivity contribution in [1.82, 2.24) is 0 Å². The molecule has 0 aliphatic carbocycles. The normalized spacial score (nSPS) is 10.0. The number of carbonyl (C=O) groups is 2. The fourth-order valence-electron chi connectivity index (χ4n) is 1.49. The quantitative estimate of drug-likeness (QED) is 0.524. The van der Waals surface area contributed by atoms with Crippen LogP contribution in [0.3, 0.4) is 0 Å². The van der Waals surface area contributed by atoms with Crippen LogP contribution in [-0.4, -0.2) is 30.6 Å². The van der Waals surface area contributed by atoms with Crippen molar-refractivity contribution in [3.63, 3.8) is 0 Å². The van der Waals surface area contributed by atoms with E-state index in [2.05, 4.69) is 20.7 Å². The lowest BCUT2D eigenvalue weighted by atomic mass is 10.0. The number of rotatable bonds is 4. The van der Waals surface area contributed by atoms with Crippen LogP contribution in [0.5, 0.6) is 11.5 Å². The SMILES string of the molecule is CCOC(=O)C(=O)c1c(C)c(Br)cc(O)c1OC. The molecule has 0 bridgehead atoms. The molecule has 1 aromatic rings. The second-order valence-corrected chi connectivity index (χ2v) is 4.31. The number of hydrogen-bond donors (Lipinski definition) is 1. The Morgan fingerprint density at radius 1 is 1.44 bits per heavy atom. The fraction of sp³-hybridized carbons (Fsp3) is 0.333. The topological polar surface area (TPSA) is 72.8 Å². The molecule has 0 spiro atoms. The lowest BCUT2D eigenvalue weighted by molar-refractivity contribution is -0.137. The van der Waals surface area contributed by atoms with E-state index in [1.807, 2.05) is 0 Å². The molecule has 0 fully saturated rings. The Labute approximate surface area is 113 Å². The first-order chi connectivity index (χ1) is 8.43. The van der Waals surface area contributed by atoms with Gasteiger partial charge in [0.15, 0.2) is 11.5 Å². The molecule has 1 N–H and O–H groups in total. The highest BCUT2D eigenvalue weighted by molar-refractivity contribution is 9.10. The number of ketones is 1. The summed E-state index contributed by atoms with van der Waals surface area (Å²) < 4.78 is 10.1. The molecule has 0 aromatic heterocycles. The summed E-state index contributed by atoms with van der Waals surface area (Å²) in [6.07, 6.45) is 0. The Morgan fingerprint density at radius 3 is 2.56 bits per heavy atom. The van der Waals surface area contributed by atoms with Crippen molar-refractivity contribution in [2.75, 3.05) is 13.7 Å². The summed E-state index contributed by atoms with van der Waals surface area (Å²) >= 11 is 3.20. The van der Waals surface area contributed by atoms with Crippen molar-refractivity contribution in [2.24, 2.45) is 0 Å². The average Bonchev–Trinajstić information content (AvgIpc) is 2.32. The van der Waals surface area contributed by atoms with Gasteiger partial charge < -0.3 is 14.6 Å². The molecular formula is C12H13BrO5. The van der Waals surface area contributed by atoms with E-state index in [-0.39, 0.29) is 23.7 Å². The van der Waals surface area contributed by atoms with Gasteiger partial charge in [-0.3, -0.25) is 4.79 Å². The monoisotopic (exact) mass is 316 g/mol. The molecule has 0 saturated heterocycles. The van der Waals surface area contributed by atoms with Crippen LogP contribution in [0.1, 0.15) is 22.8 Å².